The number of rotatable bonds is 8. The van der Waals surface area contributed by atoms with Gasteiger partial charge in [0.05, 0.1) is 30.5 Å². The minimum atomic E-state index is -4.16. The number of esters is 1. The lowest BCUT2D eigenvalue weighted by molar-refractivity contribution is -0.116. The molecule has 0 atom stereocenters. The number of aromatic nitrogens is 2. The second-order valence-corrected chi connectivity index (χ2v) is 9.97. The molecular weight excluding hydrogens is 456 g/mol. The second-order valence-electron chi connectivity index (χ2n) is 6.96. The van der Waals surface area contributed by atoms with Crippen molar-refractivity contribution >= 4 is 48.6 Å². The SMILES string of the molecule is CCOC(=O)c1c(C)[nH]c(C)c1S(=O)(=O)N(C)CC(=O)Nc1nc2ccc(OC)cc2s1. The van der Waals surface area contributed by atoms with Gasteiger partial charge in [-0.15, -0.1) is 0 Å². The number of amides is 1. The number of carbonyl (C=O) groups excluding carboxylic acids is 2. The number of benzene rings is 1. The van der Waals surface area contributed by atoms with Crippen LogP contribution in [-0.4, -0.2) is 61.9 Å². The van der Waals surface area contributed by atoms with Crippen LogP contribution < -0.4 is 10.1 Å². The average Bonchev–Trinajstić information content (AvgIpc) is 3.26. The monoisotopic (exact) mass is 480 g/mol. The molecule has 2 N–H and O–H groups in total. The molecule has 0 radical (unpaired) electrons. The molecule has 0 spiro atoms. The lowest BCUT2D eigenvalue weighted by atomic mass is 10.2. The van der Waals surface area contributed by atoms with Crippen molar-refractivity contribution in [3.63, 3.8) is 0 Å². The highest BCUT2D eigenvalue weighted by atomic mass is 32.2. The van der Waals surface area contributed by atoms with Crippen LogP contribution in [0.25, 0.3) is 10.2 Å². The smallest absolute Gasteiger partial charge is 0.341 e. The number of aromatic amines is 1. The summed E-state index contributed by atoms with van der Waals surface area (Å²) in [4.78, 5) is 31.9. The van der Waals surface area contributed by atoms with E-state index in [1.807, 2.05) is 0 Å². The zero-order chi connectivity index (χ0) is 23.6. The fraction of sp³-hybridized carbons (Fsp3) is 0.350. The Balaban J connectivity index is 1.80. The number of hydrogen-bond donors (Lipinski definition) is 2. The third-order valence-electron chi connectivity index (χ3n) is 4.67. The van der Waals surface area contributed by atoms with Crippen molar-refractivity contribution < 1.29 is 27.5 Å². The molecule has 2 heterocycles. The zero-order valence-corrected chi connectivity index (χ0v) is 19.9. The standard InChI is InChI=1S/C20H24N4O6S2/c1-6-30-19(26)17-11(2)21-12(3)18(17)32(27,28)24(4)10-16(25)23-20-22-14-8-7-13(29-5)9-15(14)31-20/h7-9,21H,6,10H2,1-5H3,(H,22,23,25). The fourth-order valence-electron chi connectivity index (χ4n) is 3.22. The van der Waals surface area contributed by atoms with E-state index >= 15 is 0 Å². The molecule has 0 saturated carbocycles. The number of ether oxygens (including phenoxy) is 2. The Kier molecular flexibility index (Phi) is 6.86. The Bertz CT molecular complexity index is 1280. The number of nitrogens with one attached hydrogen (secondary N) is 2. The van der Waals surface area contributed by atoms with Gasteiger partial charge in [0.15, 0.2) is 5.13 Å². The van der Waals surface area contributed by atoms with Gasteiger partial charge in [-0.1, -0.05) is 11.3 Å². The third kappa shape index (κ3) is 4.61. The molecule has 0 saturated heterocycles. The van der Waals surface area contributed by atoms with Gasteiger partial charge < -0.3 is 19.8 Å². The van der Waals surface area contributed by atoms with E-state index in [4.69, 9.17) is 9.47 Å². The van der Waals surface area contributed by atoms with Crippen molar-refractivity contribution in [2.75, 3.05) is 32.6 Å². The molecule has 0 unspecified atom stereocenters. The summed E-state index contributed by atoms with van der Waals surface area (Å²) < 4.78 is 38.3. The first-order chi connectivity index (χ1) is 15.1. The maximum absolute atomic E-state index is 13.2. The quantitative estimate of drug-likeness (QED) is 0.474. The normalized spacial score (nSPS) is 11.7. The third-order valence-corrected chi connectivity index (χ3v) is 7.58. The lowest BCUT2D eigenvalue weighted by Crippen LogP contribution is -2.35. The molecule has 0 aliphatic heterocycles. The van der Waals surface area contributed by atoms with E-state index in [1.54, 1.807) is 46.1 Å². The molecule has 32 heavy (non-hydrogen) atoms. The summed E-state index contributed by atoms with van der Waals surface area (Å²) in [5.41, 5.74) is 1.29. The van der Waals surface area contributed by atoms with Gasteiger partial charge in [0.1, 0.15) is 16.2 Å². The van der Waals surface area contributed by atoms with Crippen LogP contribution in [0.2, 0.25) is 0 Å². The zero-order valence-electron chi connectivity index (χ0n) is 18.3. The Morgan fingerprint density at radius 1 is 1.25 bits per heavy atom. The van der Waals surface area contributed by atoms with Gasteiger partial charge in [-0.25, -0.2) is 18.2 Å². The van der Waals surface area contributed by atoms with Crippen molar-refractivity contribution in [2.45, 2.75) is 25.7 Å². The number of sulfonamides is 1. The van der Waals surface area contributed by atoms with E-state index in [0.29, 0.717) is 22.1 Å². The molecule has 12 heteroatoms. The summed E-state index contributed by atoms with van der Waals surface area (Å²) in [7, 11) is -1.33. The van der Waals surface area contributed by atoms with Gasteiger partial charge in [0.25, 0.3) is 0 Å². The van der Waals surface area contributed by atoms with E-state index in [2.05, 4.69) is 15.3 Å². The lowest BCUT2D eigenvalue weighted by Gasteiger charge is -2.17. The second kappa shape index (κ2) is 9.27. The maximum Gasteiger partial charge on any atom is 0.341 e. The summed E-state index contributed by atoms with van der Waals surface area (Å²) in [6.45, 7) is 4.41. The highest BCUT2D eigenvalue weighted by molar-refractivity contribution is 7.89. The molecule has 0 fully saturated rings. The summed E-state index contributed by atoms with van der Waals surface area (Å²) in [6, 6.07) is 5.33. The van der Waals surface area contributed by atoms with E-state index < -0.39 is 28.4 Å². The molecule has 0 aliphatic rings. The number of nitrogens with zero attached hydrogens (tertiary/aromatic N) is 2. The number of likely N-dealkylation sites (N-methyl/N-ethyl adjacent to an activating group) is 1. The molecule has 0 aliphatic carbocycles. The van der Waals surface area contributed by atoms with Crippen LogP contribution in [0.5, 0.6) is 5.75 Å². The minimum absolute atomic E-state index is 0.0586. The molecular formula is C20H24N4O6S2. The van der Waals surface area contributed by atoms with Gasteiger partial charge in [0.2, 0.25) is 15.9 Å². The van der Waals surface area contributed by atoms with Crippen molar-refractivity contribution in [3.8, 4) is 5.75 Å². The Morgan fingerprint density at radius 2 is 1.97 bits per heavy atom. The van der Waals surface area contributed by atoms with E-state index in [9.17, 15) is 18.0 Å². The highest BCUT2D eigenvalue weighted by Gasteiger charge is 2.33. The maximum atomic E-state index is 13.2. The molecule has 0 bridgehead atoms. The van der Waals surface area contributed by atoms with Gasteiger partial charge in [-0.2, -0.15) is 4.31 Å². The number of carbonyl (C=O) groups is 2. The first-order valence-electron chi connectivity index (χ1n) is 9.65. The van der Waals surface area contributed by atoms with E-state index in [1.165, 1.54) is 18.4 Å². The number of thiazole rings is 1. The summed E-state index contributed by atoms with van der Waals surface area (Å²) in [6.07, 6.45) is 0. The Labute approximate surface area is 189 Å². The Morgan fingerprint density at radius 3 is 2.62 bits per heavy atom. The molecule has 3 rings (SSSR count). The van der Waals surface area contributed by atoms with Crippen molar-refractivity contribution in [2.24, 2.45) is 0 Å². The van der Waals surface area contributed by atoms with E-state index in [0.717, 1.165) is 9.01 Å². The fourth-order valence-corrected chi connectivity index (χ4v) is 5.66. The molecule has 1 amide bonds. The number of methoxy groups -OCH3 is 1. The molecule has 172 valence electrons. The molecule has 3 aromatic rings. The average molecular weight is 481 g/mol. The summed E-state index contributed by atoms with van der Waals surface area (Å²) >= 11 is 1.25. The van der Waals surface area contributed by atoms with E-state index in [-0.39, 0.29) is 22.8 Å². The van der Waals surface area contributed by atoms with Crippen LogP contribution >= 0.6 is 11.3 Å². The van der Waals surface area contributed by atoms with Crippen molar-refractivity contribution in [1.29, 1.82) is 0 Å². The summed E-state index contributed by atoms with van der Waals surface area (Å²) in [5.74, 6) is -0.639. The van der Waals surface area contributed by atoms with Crippen molar-refractivity contribution in [3.05, 3.63) is 35.2 Å². The predicted molar refractivity (Wildman–Crippen MR) is 121 cm³/mol. The predicted octanol–water partition coefficient (Wildman–Crippen LogP) is 2.69. The largest absolute Gasteiger partial charge is 0.497 e. The van der Waals surface area contributed by atoms with Gasteiger partial charge >= 0.3 is 5.97 Å². The first-order valence-corrected chi connectivity index (χ1v) is 11.9. The number of anilines is 1. The summed E-state index contributed by atoms with van der Waals surface area (Å²) in [5, 5.41) is 2.96. The minimum Gasteiger partial charge on any atom is -0.497 e. The topological polar surface area (TPSA) is 131 Å². The van der Waals surface area contributed by atoms with Gasteiger partial charge in [-0.05, 0) is 39.0 Å². The van der Waals surface area contributed by atoms with Crippen LogP contribution in [0.1, 0.15) is 28.7 Å². The Hall–Kier alpha value is -2.96. The molecule has 1 aromatic carbocycles. The van der Waals surface area contributed by atoms with Crippen LogP contribution in [0.3, 0.4) is 0 Å². The number of hydrogen-bond acceptors (Lipinski definition) is 8. The van der Waals surface area contributed by atoms with Gasteiger partial charge in [0, 0.05) is 18.4 Å². The van der Waals surface area contributed by atoms with Crippen LogP contribution in [0, 0.1) is 13.8 Å². The van der Waals surface area contributed by atoms with Gasteiger partial charge in [-0.3, -0.25) is 4.79 Å². The van der Waals surface area contributed by atoms with Crippen LogP contribution in [-0.2, 0) is 19.6 Å². The molecule has 2 aromatic heterocycles. The first kappa shape index (κ1) is 23.7. The van der Waals surface area contributed by atoms with Crippen LogP contribution in [0.15, 0.2) is 23.1 Å². The van der Waals surface area contributed by atoms with Crippen molar-refractivity contribution in [1.82, 2.24) is 14.3 Å². The van der Waals surface area contributed by atoms with Crippen LogP contribution in [0.4, 0.5) is 5.13 Å². The number of aryl methyl sites for hydroxylation is 2. The number of H-pyrrole nitrogens is 1. The number of fused-ring (bicyclic) bond motifs is 1. The highest BCUT2D eigenvalue weighted by Crippen LogP contribution is 2.30. The molecule has 10 nitrogen and oxygen atoms in total.